The molecule has 5 nitrogen and oxygen atoms in total. The number of hydrogen-bond acceptors (Lipinski definition) is 3. The molecule has 5 heteroatoms. The van der Waals surface area contributed by atoms with Crippen molar-refractivity contribution in [1.29, 1.82) is 0 Å². The van der Waals surface area contributed by atoms with E-state index in [0.717, 1.165) is 36.4 Å². The van der Waals surface area contributed by atoms with Crippen LogP contribution in [-0.4, -0.2) is 19.1 Å². The number of aromatic nitrogens is 4. The number of rotatable bonds is 2. The summed E-state index contributed by atoms with van der Waals surface area (Å²) in [5.41, 5.74) is 2.26. The molecule has 3 aromatic rings. The Labute approximate surface area is 115 Å². The van der Waals surface area contributed by atoms with Gasteiger partial charge in [0.05, 0.1) is 6.54 Å². The molecule has 2 aromatic heterocycles. The minimum atomic E-state index is -0.0549. The summed E-state index contributed by atoms with van der Waals surface area (Å²) in [6.07, 6.45) is 3.66. The fourth-order valence-electron chi connectivity index (χ4n) is 2.79. The van der Waals surface area contributed by atoms with Gasteiger partial charge < -0.3 is 4.57 Å². The Balaban J connectivity index is 1.82. The fraction of sp³-hybridized carbons (Fsp3) is 0.267. The lowest BCUT2D eigenvalue weighted by atomic mass is 10.2. The van der Waals surface area contributed by atoms with Gasteiger partial charge in [0.1, 0.15) is 12.2 Å². The molecule has 100 valence electrons. The molecular weight excluding hydrogens is 252 g/mol. The van der Waals surface area contributed by atoms with E-state index in [2.05, 4.69) is 14.5 Å². The molecule has 0 radical (unpaired) electrons. The molecule has 1 aromatic carbocycles. The normalized spacial score (nSPS) is 13.8. The third-order valence-electron chi connectivity index (χ3n) is 3.78. The van der Waals surface area contributed by atoms with Gasteiger partial charge in [0.25, 0.3) is 5.56 Å². The van der Waals surface area contributed by atoms with Crippen LogP contribution in [0.4, 0.5) is 0 Å². The van der Waals surface area contributed by atoms with Gasteiger partial charge in [0, 0.05) is 13.0 Å². The lowest BCUT2D eigenvalue weighted by Crippen LogP contribution is -2.21. The molecule has 0 spiro atoms. The van der Waals surface area contributed by atoms with E-state index in [1.807, 2.05) is 30.3 Å². The Morgan fingerprint density at radius 2 is 2.05 bits per heavy atom. The summed E-state index contributed by atoms with van der Waals surface area (Å²) < 4.78 is 3.68. The third-order valence-corrected chi connectivity index (χ3v) is 3.78. The quantitative estimate of drug-likeness (QED) is 0.707. The Morgan fingerprint density at radius 1 is 1.20 bits per heavy atom. The summed E-state index contributed by atoms with van der Waals surface area (Å²) in [6.45, 7) is 1.45. The van der Waals surface area contributed by atoms with E-state index in [-0.39, 0.29) is 5.56 Å². The fourth-order valence-corrected chi connectivity index (χ4v) is 2.79. The Kier molecular flexibility index (Phi) is 2.45. The van der Waals surface area contributed by atoms with E-state index >= 15 is 0 Å². The molecule has 1 aliphatic rings. The highest BCUT2D eigenvalue weighted by atomic mass is 16.1. The van der Waals surface area contributed by atoms with Crippen molar-refractivity contribution in [3.05, 3.63) is 58.4 Å². The number of fused-ring (bicyclic) bond motifs is 3. The van der Waals surface area contributed by atoms with E-state index in [4.69, 9.17) is 0 Å². The summed E-state index contributed by atoms with van der Waals surface area (Å²) in [5, 5.41) is 0. The van der Waals surface area contributed by atoms with Crippen LogP contribution in [0.25, 0.3) is 11.2 Å². The lowest BCUT2D eigenvalue weighted by Gasteiger charge is -2.05. The van der Waals surface area contributed by atoms with Crippen molar-refractivity contribution >= 4 is 11.2 Å². The van der Waals surface area contributed by atoms with Crippen molar-refractivity contribution < 1.29 is 0 Å². The zero-order valence-electron chi connectivity index (χ0n) is 11.0. The Bertz CT molecular complexity index is 832. The van der Waals surface area contributed by atoms with Crippen molar-refractivity contribution in [3.8, 4) is 0 Å². The number of hydrogen-bond donors (Lipinski definition) is 0. The molecule has 0 aliphatic carbocycles. The largest absolute Gasteiger partial charge is 0.312 e. The minimum Gasteiger partial charge on any atom is -0.312 e. The number of imidazole rings is 1. The van der Waals surface area contributed by atoms with Gasteiger partial charge in [-0.15, -0.1) is 0 Å². The van der Waals surface area contributed by atoms with Gasteiger partial charge in [0.15, 0.2) is 11.2 Å². The highest BCUT2D eigenvalue weighted by Crippen LogP contribution is 2.18. The van der Waals surface area contributed by atoms with Crippen LogP contribution in [0, 0.1) is 0 Å². The number of benzene rings is 1. The molecule has 1 aliphatic heterocycles. The maximum atomic E-state index is 12.5. The predicted molar refractivity (Wildman–Crippen MR) is 75.7 cm³/mol. The first-order valence-corrected chi connectivity index (χ1v) is 6.81. The van der Waals surface area contributed by atoms with E-state index in [1.165, 1.54) is 0 Å². The zero-order valence-corrected chi connectivity index (χ0v) is 11.0. The van der Waals surface area contributed by atoms with Gasteiger partial charge in [0.2, 0.25) is 0 Å². The third kappa shape index (κ3) is 1.66. The van der Waals surface area contributed by atoms with Crippen LogP contribution >= 0.6 is 0 Å². The number of nitrogens with zero attached hydrogens (tertiary/aromatic N) is 4. The van der Waals surface area contributed by atoms with E-state index in [0.29, 0.717) is 12.1 Å². The SMILES string of the molecule is O=c1c2nc3n(c2ncn1Cc1ccccc1)CCC3. The molecule has 4 rings (SSSR count). The van der Waals surface area contributed by atoms with Gasteiger partial charge in [-0.3, -0.25) is 9.36 Å². The first kappa shape index (κ1) is 11.4. The molecule has 0 unspecified atom stereocenters. The first-order chi connectivity index (χ1) is 9.83. The molecule has 3 heterocycles. The zero-order chi connectivity index (χ0) is 13.5. The molecule has 0 fully saturated rings. The maximum Gasteiger partial charge on any atom is 0.281 e. The van der Waals surface area contributed by atoms with E-state index in [9.17, 15) is 4.79 Å². The summed E-state index contributed by atoms with van der Waals surface area (Å²) in [5.74, 6) is 0.988. The molecular formula is C15H14N4O. The molecule has 0 amide bonds. The van der Waals surface area contributed by atoms with Crippen LogP contribution in [0.2, 0.25) is 0 Å². The maximum absolute atomic E-state index is 12.5. The van der Waals surface area contributed by atoms with Gasteiger partial charge in [-0.05, 0) is 12.0 Å². The van der Waals surface area contributed by atoms with E-state index < -0.39 is 0 Å². The average Bonchev–Trinajstić information content (AvgIpc) is 3.04. The topological polar surface area (TPSA) is 52.7 Å². The smallest absolute Gasteiger partial charge is 0.281 e. The Morgan fingerprint density at radius 3 is 2.90 bits per heavy atom. The van der Waals surface area contributed by atoms with Crippen LogP contribution in [-0.2, 0) is 19.5 Å². The minimum absolute atomic E-state index is 0.0549. The molecule has 0 saturated carbocycles. The van der Waals surface area contributed by atoms with Crippen molar-refractivity contribution in [2.24, 2.45) is 0 Å². The lowest BCUT2D eigenvalue weighted by molar-refractivity contribution is 0.730. The van der Waals surface area contributed by atoms with Crippen LogP contribution in [0.3, 0.4) is 0 Å². The van der Waals surface area contributed by atoms with Crippen molar-refractivity contribution in [1.82, 2.24) is 19.1 Å². The molecule has 0 bridgehead atoms. The van der Waals surface area contributed by atoms with E-state index in [1.54, 1.807) is 10.9 Å². The standard InChI is InChI=1S/C15H14N4O/c20-15-13-14(19-8-4-7-12(19)17-13)16-10-18(15)9-11-5-2-1-3-6-11/h1-3,5-6,10H,4,7-9H2. The Hall–Kier alpha value is -2.43. The van der Waals surface area contributed by atoms with Gasteiger partial charge in [-0.1, -0.05) is 30.3 Å². The van der Waals surface area contributed by atoms with Gasteiger partial charge >= 0.3 is 0 Å². The van der Waals surface area contributed by atoms with Gasteiger partial charge in [-0.25, -0.2) is 9.97 Å². The van der Waals surface area contributed by atoms with Crippen LogP contribution < -0.4 is 5.56 Å². The second-order valence-corrected chi connectivity index (χ2v) is 5.12. The van der Waals surface area contributed by atoms with Crippen molar-refractivity contribution in [2.75, 3.05) is 0 Å². The summed E-state index contributed by atoms with van der Waals surface area (Å²) in [7, 11) is 0. The summed E-state index contributed by atoms with van der Waals surface area (Å²) >= 11 is 0. The van der Waals surface area contributed by atoms with Gasteiger partial charge in [-0.2, -0.15) is 0 Å². The second-order valence-electron chi connectivity index (χ2n) is 5.12. The summed E-state index contributed by atoms with van der Waals surface area (Å²) in [4.78, 5) is 21.4. The van der Waals surface area contributed by atoms with Crippen LogP contribution in [0.15, 0.2) is 41.5 Å². The number of aryl methyl sites for hydroxylation is 2. The predicted octanol–water partition coefficient (Wildman–Crippen LogP) is 1.59. The first-order valence-electron chi connectivity index (χ1n) is 6.81. The second kappa shape index (κ2) is 4.30. The monoisotopic (exact) mass is 266 g/mol. The summed E-state index contributed by atoms with van der Waals surface area (Å²) in [6, 6.07) is 9.91. The molecule has 0 atom stereocenters. The highest BCUT2D eigenvalue weighted by Gasteiger charge is 2.19. The molecule has 0 N–H and O–H groups in total. The van der Waals surface area contributed by atoms with Crippen molar-refractivity contribution in [2.45, 2.75) is 25.9 Å². The van der Waals surface area contributed by atoms with Crippen LogP contribution in [0.5, 0.6) is 0 Å². The highest BCUT2D eigenvalue weighted by molar-refractivity contribution is 5.70. The average molecular weight is 266 g/mol. The van der Waals surface area contributed by atoms with Crippen LogP contribution in [0.1, 0.15) is 17.8 Å². The van der Waals surface area contributed by atoms with Crippen molar-refractivity contribution in [3.63, 3.8) is 0 Å². The molecule has 0 saturated heterocycles. The molecule has 20 heavy (non-hydrogen) atoms.